The lowest BCUT2D eigenvalue weighted by Gasteiger charge is -2.40. The lowest BCUT2D eigenvalue weighted by molar-refractivity contribution is -0.137. The van der Waals surface area contributed by atoms with Gasteiger partial charge in [0.2, 0.25) is 5.91 Å². The number of ether oxygens (including phenoxy) is 1. The molecule has 2 aromatic rings. The van der Waals surface area contributed by atoms with E-state index in [1.807, 2.05) is 30.0 Å². The van der Waals surface area contributed by atoms with Crippen molar-refractivity contribution in [1.29, 1.82) is 0 Å². The number of piperazine rings is 1. The number of rotatable bonds is 5. The van der Waals surface area contributed by atoms with E-state index in [9.17, 15) is 14.0 Å². The highest BCUT2D eigenvalue weighted by Crippen LogP contribution is 2.29. The Morgan fingerprint density at radius 1 is 0.969 bits per heavy atom. The third-order valence-corrected chi connectivity index (χ3v) is 6.25. The summed E-state index contributed by atoms with van der Waals surface area (Å²) in [6, 6.07) is 13.6. The number of piperidine rings is 1. The van der Waals surface area contributed by atoms with E-state index >= 15 is 0 Å². The van der Waals surface area contributed by atoms with Crippen molar-refractivity contribution in [2.75, 3.05) is 50.8 Å². The first kappa shape index (κ1) is 22.1. The van der Waals surface area contributed by atoms with E-state index in [0.29, 0.717) is 38.3 Å². The largest absolute Gasteiger partial charge is 0.492 e. The summed E-state index contributed by atoms with van der Waals surface area (Å²) in [6.45, 7) is 6.45. The molecule has 0 N–H and O–H groups in total. The van der Waals surface area contributed by atoms with Crippen molar-refractivity contribution in [3.8, 4) is 5.75 Å². The van der Waals surface area contributed by atoms with Crippen molar-refractivity contribution in [1.82, 2.24) is 9.80 Å². The van der Waals surface area contributed by atoms with Gasteiger partial charge in [-0.15, -0.1) is 0 Å². The van der Waals surface area contributed by atoms with Crippen LogP contribution in [0.1, 0.15) is 30.1 Å². The highest BCUT2D eigenvalue weighted by molar-refractivity contribution is 5.94. The lowest BCUT2D eigenvalue weighted by atomic mass is 9.95. The van der Waals surface area contributed by atoms with Crippen molar-refractivity contribution in [2.24, 2.45) is 5.92 Å². The van der Waals surface area contributed by atoms with Crippen LogP contribution in [0.5, 0.6) is 5.75 Å². The molecular formula is C25H30FN3O3. The number of amides is 2. The summed E-state index contributed by atoms with van der Waals surface area (Å²) in [7, 11) is 0. The molecule has 4 rings (SSSR count). The maximum atomic E-state index is 13.2. The van der Waals surface area contributed by atoms with Gasteiger partial charge in [0.25, 0.3) is 5.91 Å². The number of benzene rings is 2. The normalized spacial score (nSPS) is 19.1. The van der Waals surface area contributed by atoms with Gasteiger partial charge >= 0.3 is 0 Å². The minimum absolute atomic E-state index is 0.124. The molecule has 0 saturated carbocycles. The minimum Gasteiger partial charge on any atom is -0.492 e. The van der Waals surface area contributed by atoms with Crippen molar-refractivity contribution in [3.63, 3.8) is 0 Å². The maximum absolute atomic E-state index is 13.2. The van der Waals surface area contributed by atoms with Gasteiger partial charge in [-0.3, -0.25) is 9.59 Å². The van der Waals surface area contributed by atoms with Gasteiger partial charge in [0.15, 0.2) is 0 Å². The molecule has 1 unspecified atom stereocenters. The number of para-hydroxylation sites is 2. The Bertz CT molecular complexity index is 942. The van der Waals surface area contributed by atoms with Crippen LogP contribution in [0, 0.1) is 11.7 Å². The number of anilines is 1. The van der Waals surface area contributed by atoms with Crippen molar-refractivity contribution < 1.29 is 18.7 Å². The maximum Gasteiger partial charge on any atom is 0.253 e. The number of likely N-dealkylation sites (tertiary alicyclic amines) is 1. The number of carbonyl (C=O) groups is 2. The van der Waals surface area contributed by atoms with E-state index in [1.165, 1.54) is 24.3 Å². The molecular weight excluding hydrogens is 409 g/mol. The molecule has 170 valence electrons. The zero-order valence-corrected chi connectivity index (χ0v) is 18.5. The minimum atomic E-state index is -0.365. The second-order valence-corrected chi connectivity index (χ2v) is 8.31. The molecule has 32 heavy (non-hydrogen) atoms. The zero-order valence-electron chi connectivity index (χ0n) is 18.5. The Kier molecular flexibility index (Phi) is 6.93. The number of hydrogen-bond acceptors (Lipinski definition) is 4. The third kappa shape index (κ3) is 4.87. The second kappa shape index (κ2) is 10.0. The van der Waals surface area contributed by atoms with Gasteiger partial charge in [-0.05, 0) is 56.2 Å². The summed E-state index contributed by atoms with van der Waals surface area (Å²) < 4.78 is 18.9. The Balaban J connectivity index is 1.35. The van der Waals surface area contributed by atoms with E-state index < -0.39 is 0 Å². The summed E-state index contributed by atoms with van der Waals surface area (Å²) in [5, 5.41) is 0. The van der Waals surface area contributed by atoms with E-state index in [0.717, 1.165) is 37.4 Å². The van der Waals surface area contributed by atoms with Crippen LogP contribution in [0.3, 0.4) is 0 Å². The van der Waals surface area contributed by atoms with Gasteiger partial charge in [0.1, 0.15) is 11.6 Å². The van der Waals surface area contributed by atoms with E-state index in [2.05, 4.69) is 11.0 Å². The van der Waals surface area contributed by atoms with Crippen molar-refractivity contribution >= 4 is 17.5 Å². The SMILES string of the molecule is CCOc1ccccc1N1CCN(C(=O)C2CCCN(C(=O)c3ccc(F)cc3)C2)CC1. The molecule has 2 heterocycles. The third-order valence-electron chi connectivity index (χ3n) is 6.25. The standard InChI is InChI=1S/C25H30FN3O3/c1-2-32-23-8-4-3-7-22(23)27-14-16-28(17-15-27)25(31)20-6-5-13-29(18-20)24(30)19-9-11-21(26)12-10-19/h3-4,7-12,20H,2,5-6,13-18H2,1H3. The van der Waals surface area contributed by atoms with E-state index in [1.54, 1.807) is 4.90 Å². The molecule has 0 aromatic heterocycles. The highest BCUT2D eigenvalue weighted by atomic mass is 19.1. The molecule has 2 aromatic carbocycles. The van der Waals surface area contributed by atoms with Gasteiger partial charge in [-0.2, -0.15) is 0 Å². The van der Waals surface area contributed by atoms with Gasteiger partial charge in [-0.25, -0.2) is 4.39 Å². The smallest absolute Gasteiger partial charge is 0.253 e. The van der Waals surface area contributed by atoms with Gasteiger partial charge in [-0.1, -0.05) is 12.1 Å². The quantitative estimate of drug-likeness (QED) is 0.716. The summed E-state index contributed by atoms with van der Waals surface area (Å²) in [5.41, 5.74) is 1.52. The Labute approximate surface area is 188 Å². The summed E-state index contributed by atoms with van der Waals surface area (Å²) in [6.07, 6.45) is 1.59. The van der Waals surface area contributed by atoms with Gasteiger partial charge < -0.3 is 19.4 Å². The van der Waals surface area contributed by atoms with Crippen LogP contribution in [0.25, 0.3) is 0 Å². The number of hydrogen-bond donors (Lipinski definition) is 0. The first-order valence-corrected chi connectivity index (χ1v) is 11.4. The van der Waals surface area contributed by atoms with Gasteiger partial charge in [0.05, 0.1) is 18.2 Å². The van der Waals surface area contributed by atoms with Gasteiger partial charge in [0, 0.05) is 44.8 Å². The topological polar surface area (TPSA) is 53.1 Å². The average Bonchev–Trinajstić information content (AvgIpc) is 2.84. The van der Waals surface area contributed by atoms with Crippen LogP contribution in [0.2, 0.25) is 0 Å². The predicted molar refractivity (Wildman–Crippen MR) is 121 cm³/mol. The van der Waals surface area contributed by atoms with Crippen LogP contribution in [0.15, 0.2) is 48.5 Å². The molecule has 2 aliphatic heterocycles. The van der Waals surface area contributed by atoms with Crippen LogP contribution < -0.4 is 9.64 Å². The fourth-order valence-corrected chi connectivity index (χ4v) is 4.56. The van der Waals surface area contributed by atoms with Crippen LogP contribution in [-0.2, 0) is 4.79 Å². The van der Waals surface area contributed by atoms with Crippen LogP contribution >= 0.6 is 0 Å². The average molecular weight is 440 g/mol. The number of carbonyl (C=O) groups excluding carboxylic acids is 2. The lowest BCUT2D eigenvalue weighted by Crippen LogP contribution is -2.53. The summed E-state index contributed by atoms with van der Waals surface area (Å²) >= 11 is 0. The van der Waals surface area contributed by atoms with Crippen LogP contribution in [0.4, 0.5) is 10.1 Å². The van der Waals surface area contributed by atoms with Crippen molar-refractivity contribution in [2.45, 2.75) is 19.8 Å². The molecule has 6 nitrogen and oxygen atoms in total. The molecule has 2 fully saturated rings. The Morgan fingerprint density at radius 2 is 1.69 bits per heavy atom. The fraction of sp³-hybridized carbons (Fsp3) is 0.440. The molecule has 0 bridgehead atoms. The molecule has 2 aliphatic rings. The highest BCUT2D eigenvalue weighted by Gasteiger charge is 2.33. The van der Waals surface area contributed by atoms with E-state index in [4.69, 9.17) is 4.74 Å². The molecule has 1 atom stereocenters. The number of halogens is 1. The van der Waals surface area contributed by atoms with E-state index in [-0.39, 0.29) is 23.5 Å². The molecule has 7 heteroatoms. The fourth-order valence-electron chi connectivity index (χ4n) is 4.56. The molecule has 2 amide bonds. The van der Waals surface area contributed by atoms with Crippen molar-refractivity contribution in [3.05, 3.63) is 59.9 Å². The predicted octanol–water partition coefficient (Wildman–Crippen LogP) is 3.43. The first-order chi connectivity index (χ1) is 15.6. The Morgan fingerprint density at radius 3 is 2.41 bits per heavy atom. The second-order valence-electron chi connectivity index (χ2n) is 8.31. The number of nitrogens with zero attached hydrogens (tertiary/aromatic N) is 3. The molecule has 0 spiro atoms. The first-order valence-electron chi connectivity index (χ1n) is 11.4. The summed E-state index contributed by atoms with van der Waals surface area (Å²) in [4.78, 5) is 31.9. The molecule has 0 aliphatic carbocycles. The molecule has 0 radical (unpaired) electrons. The summed E-state index contributed by atoms with van der Waals surface area (Å²) in [5.74, 6) is 0.308. The monoisotopic (exact) mass is 439 g/mol. The van der Waals surface area contributed by atoms with Crippen LogP contribution in [-0.4, -0.2) is 67.5 Å². The Hall–Kier alpha value is -3.09. The zero-order chi connectivity index (χ0) is 22.5. The molecule has 2 saturated heterocycles.